The number of hydrogen-bond acceptors (Lipinski definition) is 0. The molecular formula is C9H10ClF. The Hall–Kier alpha value is -0.560. The van der Waals surface area contributed by atoms with Gasteiger partial charge in [-0.25, -0.2) is 4.39 Å². The van der Waals surface area contributed by atoms with Gasteiger partial charge in [-0.3, -0.25) is 0 Å². The Bertz CT molecular complexity index is 256. The van der Waals surface area contributed by atoms with Crippen molar-refractivity contribution in [3.05, 3.63) is 34.6 Å². The first kappa shape index (κ1) is 8.54. The van der Waals surface area contributed by atoms with Crippen LogP contribution in [-0.4, -0.2) is 0 Å². The fraction of sp³-hybridized carbons (Fsp3) is 0.333. The molecule has 0 saturated carbocycles. The molecule has 1 aromatic carbocycles. The third kappa shape index (κ3) is 1.93. The van der Waals surface area contributed by atoms with Gasteiger partial charge >= 0.3 is 0 Å². The summed E-state index contributed by atoms with van der Waals surface area (Å²) in [4.78, 5) is 0. The Morgan fingerprint density at radius 3 is 2.45 bits per heavy atom. The summed E-state index contributed by atoms with van der Waals surface area (Å²) in [7, 11) is 0. The summed E-state index contributed by atoms with van der Waals surface area (Å²) in [6.07, 6.45) is 0. The van der Waals surface area contributed by atoms with E-state index in [9.17, 15) is 4.39 Å². The van der Waals surface area contributed by atoms with E-state index >= 15 is 0 Å². The van der Waals surface area contributed by atoms with Gasteiger partial charge in [0.05, 0.1) is 5.02 Å². The zero-order valence-corrected chi connectivity index (χ0v) is 7.32. The first-order valence-corrected chi connectivity index (χ1v) is 3.94. The van der Waals surface area contributed by atoms with Gasteiger partial charge in [0.2, 0.25) is 0 Å². The fourth-order valence-electron chi connectivity index (χ4n) is 0.871. The standard InChI is InChI=1S/C9H10ClF/c1-6(2)7-3-4-9(11)8(10)5-7/h3-6H,1-2H3. The molecule has 60 valence electrons. The van der Waals surface area contributed by atoms with Gasteiger partial charge in [0.25, 0.3) is 0 Å². The molecule has 0 fully saturated rings. The van der Waals surface area contributed by atoms with E-state index in [1.807, 2.05) is 13.8 Å². The lowest BCUT2D eigenvalue weighted by Gasteiger charge is -2.04. The van der Waals surface area contributed by atoms with Crippen molar-refractivity contribution in [2.24, 2.45) is 0 Å². The van der Waals surface area contributed by atoms with Gasteiger partial charge in [0.1, 0.15) is 5.82 Å². The summed E-state index contributed by atoms with van der Waals surface area (Å²) in [6.45, 7) is 4.09. The van der Waals surface area contributed by atoms with Gasteiger partial charge in [0, 0.05) is 0 Å². The molecule has 0 spiro atoms. The highest BCUT2D eigenvalue weighted by Gasteiger charge is 2.02. The summed E-state index contributed by atoms with van der Waals surface area (Å²) >= 11 is 5.58. The van der Waals surface area contributed by atoms with Crippen molar-refractivity contribution in [3.63, 3.8) is 0 Å². The highest BCUT2D eigenvalue weighted by Crippen LogP contribution is 2.21. The molecule has 0 N–H and O–H groups in total. The Morgan fingerprint density at radius 1 is 1.36 bits per heavy atom. The zero-order valence-electron chi connectivity index (χ0n) is 6.57. The maximum Gasteiger partial charge on any atom is 0.141 e. The van der Waals surface area contributed by atoms with Crippen LogP contribution in [-0.2, 0) is 0 Å². The van der Waals surface area contributed by atoms with Crippen molar-refractivity contribution in [2.45, 2.75) is 19.8 Å². The molecule has 0 heterocycles. The minimum absolute atomic E-state index is 0.205. The second kappa shape index (κ2) is 3.22. The molecule has 2 heteroatoms. The quantitative estimate of drug-likeness (QED) is 0.607. The van der Waals surface area contributed by atoms with E-state index in [2.05, 4.69) is 0 Å². The Kier molecular flexibility index (Phi) is 2.50. The first-order valence-electron chi connectivity index (χ1n) is 3.56. The van der Waals surface area contributed by atoms with Gasteiger partial charge in [0.15, 0.2) is 0 Å². The monoisotopic (exact) mass is 172 g/mol. The van der Waals surface area contributed by atoms with Crippen molar-refractivity contribution in [1.82, 2.24) is 0 Å². The third-order valence-corrected chi connectivity index (χ3v) is 1.90. The van der Waals surface area contributed by atoms with Crippen LogP contribution in [0, 0.1) is 5.82 Å². The molecule has 0 aliphatic rings. The summed E-state index contributed by atoms with van der Waals surface area (Å²) in [6, 6.07) is 4.82. The topological polar surface area (TPSA) is 0 Å². The molecule has 0 amide bonds. The van der Waals surface area contributed by atoms with Crippen LogP contribution < -0.4 is 0 Å². The predicted octanol–water partition coefficient (Wildman–Crippen LogP) is 3.60. The van der Waals surface area contributed by atoms with Gasteiger partial charge in [-0.2, -0.15) is 0 Å². The number of halogens is 2. The lowest BCUT2D eigenvalue weighted by Crippen LogP contribution is -1.87. The average Bonchev–Trinajstić information content (AvgIpc) is 1.94. The van der Waals surface area contributed by atoms with Crippen molar-refractivity contribution >= 4 is 11.6 Å². The van der Waals surface area contributed by atoms with Crippen LogP contribution in [0.2, 0.25) is 5.02 Å². The van der Waals surface area contributed by atoms with Gasteiger partial charge in [-0.15, -0.1) is 0 Å². The van der Waals surface area contributed by atoms with Crippen LogP contribution in [0.4, 0.5) is 4.39 Å². The number of rotatable bonds is 1. The van der Waals surface area contributed by atoms with E-state index in [-0.39, 0.29) is 10.8 Å². The van der Waals surface area contributed by atoms with E-state index in [1.165, 1.54) is 6.07 Å². The van der Waals surface area contributed by atoms with Crippen molar-refractivity contribution in [1.29, 1.82) is 0 Å². The van der Waals surface area contributed by atoms with Gasteiger partial charge in [-0.1, -0.05) is 31.5 Å². The van der Waals surface area contributed by atoms with Crippen LogP contribution in [0.1, 0.15) is 25.3 Å². The largest absolute Gasteiger partial charge is 0.205 e. The molecule has 11 heavy (non-hydrogen) atoms. The van der Waals surface area contributed by atoms with E-state index in [1.54, 1.807) is 12.1 Å². The molecule has 1 rings (SSSR count). The third-order valence-electron chi connectivity index (χ3n) is 1.61. The van der Waals surface area contributed by atoms with E-state index in [0.717, 1.165) is 5.56 Å². The van der Waals surface area contributed by atoms with Crippen LogP contribution in [0.15, 0.2) is 18.2 Å². The first-order chi connectivity index (χ1) is 5.11. The lowest BCUT2D eigenvalue weighted by molar-refractivity contribution is 0.626. The molecule has 0 nitrogen and oxygen atoms in total. The predicted molar refractivity (Wildman–Crippen MR) is 45.5 cm³/mol. The summed E-state index contributed by atoms with van der Waals surface area (Å²) in [5.74, 6) is 0.0455. The Labute approximate surface area is 71.0 Å². The molecule has 0 saturated heterocycles. The molecule has 0 bridgehead atoms. The maximum atomic E-state index is 12.6. The molecule has 0 atom stereocenters. The van der Waals surface area contributed by atoms with Crippen molar-refractivity contribution < 1.29 is 4.39 Å². The molecule has 0 radical (unpaired) electrons. The normalized spacial score (nSPS) is 10.6. The maximum absolute atomic E-state index is 12.6. The minimum atomic E-state index is -0.351. The van der Waals surface area contributed by atoms with Crippen LogP contribution in [0.3, 0.4) is 0 Å². The second-order valence-corrected chi connectivity index (χ2v) is 3.24. The number of hydrogen-bond donors (Lipinski definition) is 0. The highest BCUT2D eigenvalue weighted by atomic mass is 35.5. The van der Waals surface area contributed by atoms with Crippen molar-refractivity contribution in [3.8, 4) is 0 Å². The molecular weight excluding hydrogens is 163 g/mol. The van der Waals surface area contributed by atoms with Crippen LogP contribution in [0.25, 0.3) is 0 Å². The SMILES string of the molecule is CC(C)c1ccc(F)c(Cl)c1. The van der Waals surface area contributed by atoms with E-state index in [0.29, 0.717) is 5.92 Å². The molecule has 0 aliphatic carbocycles. The zero-order chi connectivity index (χ0) is 8.43. The van der Waals surface area contributed by atoms with E-state index < -0.39 is 0 Å². The second-order valence-electron chi connectivity index (χ2n) is 2.83. The molecule has 0 aromatic heterocycles. The van der Waals surface area contributed by atoms with Gasteiger partial charge < -0.3 is 0 Å². The molecule has 1 aromatic rings. The molecule has 0 aliphatic heterocycles. The van der Waals surface area contributed by atoms with Crippen LogP contribution >= 0.6 is 11.6 Å². The number of benzene rings is 1. The summed E-state index contributed by atoms with van der Waals surface area (Å²) in [5, 5.41) is 0.205. The highest BCUT2D eigenvalue weighted by molar-refractivity contribution is 6.30. The summed E-state index contributed by atoms with van der Waals surface area (Å²) in [5.41, 5.74) is 1.07. The smallest absolute Gasteiger partial charge is 0.141 e. The Morgan fingerprint density at radius 2 is 2.00 bits per heavy atom. The lowest BCUT2D eigenvalue weighted by atomic mass is 10.0. The van der Waals surface area contributed by atoms with E-state index in [4.69, 9.17) is 11.6 Å². The van der Waals surface area contributed by atoms with Gasteiger partial charge in [-0.05, 0) is 23.6 Å². The minimum Gasteiger partial charge on any atom is -0.205 e. The fourth-order valence-corrected chi connectivity index (χ4v) is 1.06. The van der Waals surface area contributed by atoms with Crippen LogP contribution in [0.5, 0.6) is 0 Å². The average molecular weight is 173 g/mol. The van der Waals surface area contributed by atoms with Crippen molar-refractivity contribution in [2.75, 3.05) is 0 Å². The summed E-state index contributed by atoms with van der Waals surface area (Å²) < 4.78 is 12.6. The molecule has 0 unspecified atom stereocenters. The Balaban J connectivity index is 3.05.